The number of pyridine rings is 1. The SMILES string of the molecule is CCCC[N+](C)(c1c(CC)nn2c(-c3c(OC)cc(COCC)cc3OC)cccc12)C1CCOCC1. The minimum atomic E-state index is 0.512. The third-order valence-electron chi connectivity index (χ3n) is 7.81. The van der Waals surface area contributed by atoms with E-state index in [1.165, 1.54) is 18.5 Å². The number of benzene rings is 1. The van der Waals surface area contributed by atoms with Crippen molar-refractivity contribution in [3.05, 3.63) is 41.6 Å². The summed E-state index contributed by atoms with van der Waals surface area (Å²) in [5, 5.41) is 5.23. The molecule has 0 spiro atoms. The van der Waals surface area contributed by atoms with Gasteiger partial charge in [0.25, 0.3) is 0 Å². The van der Waals surface area contributed by atoms with Crippen LogP contribution in [0.15, 0.2) is 30.3 Å². The Hall–Kier alpha value is -2.61. The molecule has 37 heavy (non-hydrogen) atoms. The summed E-state index contributed by atoms with van der Waals surface area (Å²) >= 11 is 0. The Labute approximate surface area is 221 Å². The number of aromatic nitrogens is 2. The lowest BCUT2D eigenvalue weighted by atomic mass is 10.0. The lowest BCUT2D eigenvalue weighted by Crippen LogP contribution is -2.56. The molecule has 3 aromatic rings. The summed E-state index contributed by atoms with van der Waals surface area (Å²) in [4.78, 5) is 0. The average molecular weight is 511 g/mol. The Balaban J connectivity index is 1.93. The number of hydrogen-bond donors (Lipinski definition) is 0. The minimum absolute atomic E-state index is 0.512. The number of quaternary nitrogens is 1. The molecule has 4 rings (SSSR count). The van der Waals surface area contributed by atoms with Gasteiger partial charge in [-0.1, -0.05) is 26.3 Å². The second-order valence-electron chi connectivity index (χ2n) is 10.1. The summed E-state index contributed by atoms with van der Waals surface area (Å²) < 4.78 is 26.2. The molecule has 0 amide bonds. The zero-order valence-electron chi connectivity index (χ0n) is 23.5. The van der Waals surface area contributed by atoms with Crippen LogP contribution >= 0.6 is 0 Å². The highest BCUT2D eigenvalue weighted by atomic mass is 16.5. The van der Waals surface area contributed by atoms with Crippen molar-refractivity contribution in [2.45, 2.75) is 65.5 Å². The molecule has 2 aromatic heterocycles. The van der Waals surface area contributed by atoms with Crippen molar-refractivity contribution in [2.24, 2.45) is 0 Å². The zero-order valence-corrected chi connectivity index (χ0v) is 23.5. The van der Waals surface area contributed by atoms with Crippen LogP contribution in [0.25, 0.3) is 16.8 Å². The molecule has 3 heterocycles. The number of rotatable bonds is 12. The van der Waals surface area contributed by atoms with Gasteiger partial charge in [-0.05, 0) is 49.6 Å². The lowest BCUT2D eigenvalue weighted by Gasteiger charge is -2.43. The van der Waals surface area contributed by atoms with Gasteiger partial charge in [-0.3, -0.25) is 4.48 Å². The van der Waals surface area contributed by atoms with Crippen LogP contribution in [0, 0.1) is 0 Å². The van der Waals surface area contributed by atoms with Crippen molar-refractivity contribution in [1.82, 2.24) is 14.1 Å². The second kappa shape index (κ2) is 12.3. The minimum Gasteiger partial charge on any atom is -0.496 e. The molecule has 1 aromatic carbocycles. The lowest BCUT2D eigenvalue weighted by molar-refractivity contribution is 0.0445. The topological polar surface area (TPSA) is 54.2 Å². The van der Waals surface area contributed by atoms with Crippen LogP contribution in [0.5, 0.6) is 11.5 Å². The highest BCUT2D eigenvalue weighted by Crippen LogP contribution is 2.43. The van der Waals surface area contributed by atoms with E-state index in [1.807, 2.05) is 19.1 Å². The van der Waals surface area contributed by atoms with E-state index < -0.39 is 0 Å². The molecule has 0 saturated carbocycles. The molecule has 0 aliphatic carbocycles. The van der Waals surface area contributed by atoms with Gasteiger partial charge in [0.15, 0.2) is 5.69 Å². The van der Waals surface area contributed by atoms with Gasteiger partial charge in [0.1, 0.15) is 22.7 Å². The molecule has 1 aliphatic rings. The van der Waals surface area contributed by atoms with Crippen molar-refractivity contribution in [2.75, 3.05) is 47.6 Å². The third-order valence-corrected chi connectivity index (χ3v) is 7.81. The standard InChI is InChI=1S/C30H44N3O4/c1-7-10-16-33(4,23-14-17-37-18-15-23)30-24(8-2)31-32-25(12-11-13-26(30)32)29-27(34-5)19-22(21-36-9-3)20-28(29)35-6/h11-13,19-20,23H,7-10,14-18,21H2,1-6H3/q+1. The molecule has 1 aliphatic heterocycles. The fourth-order valence-electron chi connectivity index (χ4n) is 5.83. The van der Waals surface area contributed by atoms with Gasteiger partial charge < -0.3 is 18.9 Å². The Morgan fingerprint density at radius 1 is 1.05 bits per heavy atom. The molecule has 1 saturated heterocycles. The monoisotopic (exact) mass is 510 g/mol. The fraction of sp³-hybridized carbons (Fsp3) is 0.567. The highest BCUT2D eigenvalue weighted by Gasteiger charge is 2.40. The molecule has 1 unspecified atom stereocenters. The third kappa shape index (κ3) is 5.35. The summed E-state index contributed by atoms with van der Waals surface area (Å²) in [6.45, 7) is 10.4. The van der Waals surface area contributed by atoms with Crippen molar-refractivity contribution >= 4 is 11.2 Å². The van der Waals surface area contributed by atoms with Gasteiger partial charge in [-0.25, -0.2) is 4.52 Å². The van der Waals surface area contributed by atoms with Gasteiger partial charge in [0.2, 0.25) is 0 Å². The van der Waals surface area contributed by atoms with Gasteiger partial charge in [0, 0.05) is 19.4 Å². The van der Waals surface area contributed by atoms with E-state index in [0.717, 1.165) is 83.0 Å². The first-order valence-electron chi connectivity index (χ1n) is 13.8. The molecular weight excluding hydrogens is 466 g/mol. The maximum Gasteiger partial charge on any atom is 0.182 e. The van der Waals surface area contributed by atoms with Gasteiger partial charge in [-0.2, -0.15) is 5.10 Å². The quantitative estimate of drug-likeness (QED) is 0.278. The van der Waals surface area contributed by atoms with Crippen molar-refractivity contribution in [1.29, 1.82) is 0 Å². The van der Waals surface area contributed by atoms with Crippen molar-refractivity contribution in [3.63, 3.8) is 0 Å². The number of aryl methyl sites for hydroxylation is 1. The van der Waals surface area contributed by atoms with E-state index in [9.17, 15) is 0 Å². The number of unbranched alkanes of at least 4 members (excludes halogenated alkanes) is 1. The number of fused-ring (bicyclic) bond motifs is 1. The number of ether oxygens (including phenoxy) is 4. The Bertz CT molecular complexity index is 1160. The number of nitrogens with zero attached hydrogens (tertiary/aromatic N) is 3. The maximum absolute atomic E-state index is 5.90. The van der Waals surface area contributed by atoms with E-state index in [-0.39, 0.29) is 0 Å². The second-order valence-corrected chi connectivity index (χ2v) is 10.1. The summed E-state index contributed by atoms with van der Waals surface area (Å²) in [5.41, 5.74) is 6.54. The van der Waals surface area contributed by atoms with Gasteiger partial charge >= 0.3 is 0 Å². The van der Waals surface area contributed by atoms with Crippen LogP contribution in [-0.2, 0) is 22.5 Å². The van der Waals surface area contributed by atoms with Crippen molar-refractivity contribution < 1.29 is 18.9 Å². The van der Waals surface area contributed by atoms with Gasteiger partial charge in [-0.15, -0.1) is 0 Å². The number of methoxy groups -OCH3 is 2. The summed E-state index contributed by atoms with van der Waals surface area (Å²) in [6.07, 6.45) is 5.37. The Morgan fingerprint density at radius 2 is 1.76 bits per heavy atom. The van der Waals surface area contributed by atoms with Crippen LogP contribution in [0.2, 0.25) is 0 Å². The van der Waals surface area contributed by atoms with E-state index in [1.54, 1.807) is 14.2 Å². The van der Waals surface area contributed by atoms with Gasteiger partial charge in [0.05, 0.1) is 64.9 Å². The largest absolute Gasteiger partial charge is 0.496 e. The normalized spacial score (nSPS) is 16.2. The number of hydrogen-bond acceptors (Lipinski definition) is 5. The van der Waals surface area contributed by atoms with Crippen molar-refractivity contribution in [3.8, 4) is 22.8 Å². The van der Waals surface area contributed by atoms with Crippen LogP contribution < -0.4 is 14.0 Å². The zero-order chi connectivity index (χ0) is 26.4. The molecule has 1 fully saturated rings. The Morgan fingerprint density at radius 3 is 2.35 bits per heavy atom. The molecular formula is C30H44N3O4+. The molecule has 0 radical (unpaired) electrons. The predicted octanol–water partition coefficient (Wildman–Crippen LogP) is 6.03. The molecule has 7 heteroatoms. The van der Waals surface area contributed by atoms with E-state index in [0.29, 0.717) is 19.3 Å². The first kappa shape index (κ1) is 27.4. The van der Waals surface area contributed by atoms with Crippen LogP contribution in [0.1, 0.15) is 57.7 Å². The average Bonchev–Trinajstić information content (AvgIpc) is 3.34. The molecule has 0 N–H and O–H groups in total. The van der Waals surface area contributed by atoms with Crippen LogP contribution in [-0.4, -0.2) is 63.3 Å². The highest BCUT2D eigenvalue weighted by molar-refractivity contribution is 5.82. The van der Waals surface area contributed by atoms with Crippen LogP contribution in [0.3, 0.4) is 0 Å². The first-order chi connectivity index (χ1) is 18.0. The summed E-state index contributed by atoms with van der Waals surface area (Å²) in [7, 11) is 5.83. The van der Waals surface area contributed by atoms with E-state index in [2.05, 4.69) is 43.6 Å². The summed E-state index contributed by atoms with van der Waals surface area (Å²) in [5.74, 6) is 1.51. The molecule has 0 bridgehead atoms. The Kier molecular flexibility index (Phi) is 9.11. The smallest absolute Gasteiger partial charge is 0.182 e. The predicted molar refractivity (Wildman–Crippen MR) is 150 cm³/mol. The molecule has 7 nitrogen and oxygen atoms in total. The summed E-state index contributed by atoms with van der Waals surface area (Å²) in [6, 6.07) is 11.1. The first-order valence-corrected chi connectivity index (χ1v) is 13.8. The maximum atomic E-state index is 5.90. The van der Waals surface area contributed by atoms with Crippen LogP contribution in [0.4, 0.5) is 5.69 Å². The fourth-order valence-corrected chi connectivity index (χ4v) is 5.83. The van der Waals surface area contributed by atoms with E-state index in [4.69, 9.17) is 24.0 Å². The van der Waals surface area contributed by atoms with E-state index >= 15 is 0 Å². The molecule has 1 atom stereocenters. The molecule has 202 valence electrons.